The van der Waals surface area contributed by atoms with E-state index in [4.69, 9.17) is 4.74 Å². The number of aromatic amines is 2. The van der Waals surface area contributed by atoms with Crippen molar-refractivity contribution in [1.29, 1.82) is 0 Å². The summed E-state index contributed by atoms with van der Waals surface area (Å²) in [5.74, 6) is 0.805. The minimum Gasteiger partial charge on any atom is -0.491 e. The van der Waals surface area contributed by atoms with Crippen LogP contribution in [-0.4, -0.2) is 67.1 Å². The normalized spacial score (nSPS) is 13.9. The van der Waals surface area contributed by atoms with Gasteiger partial charge in [-0.1, -0.05) is 0 Å². The zero-order valence-corrected chi connectivity index (χ0v) is 22.8. The SMILES string of the molecule is CC(=O)c1ccc(-c2ccnc3[nH]c(-c4n[nH]c5cnc(-c6cncc(OCCN7CCCC7)c6)cc45)cc23)s1. The monoisotopic (exact) mass is 549 g/mol. The van der Waals surface area contributed by atoms with Crippen LogP contribution in [0.3, 0.4) is 0 Å². The molecule has 9 nitrogen and oxygen atoms in total. The Hall–Kier alpha value is -4.41. The molecule has 6 aromatic heterocycles. The largest absolute Gasteiger partial charge is 0.491 e. The van der Waals surface area contributed by atoms with E-state index in [9.17, 15) is 4.79 Å². The molecule has 7 rings (SSSR count). The highest BCUT2D eigenvalue weighted by molar-refractivity contribution is 7.17. The van der Waals surface area contributed by atoms with E-state index in [2.05, 4.69) is 41.1 Å². The van der Waals surface area contributed by atoms with Crippen LogP contribution < -0.4 is 4.74 Å². The van der Waals surface area contributed by atoms with Crippen LogP contribution in [0.5, 0.6) is 5.75 Å². The molecular weight excluding hydrogens is 522 g/mol. The molecule has 0 unspecified atom stereocenters. The minimum absolute atomic E-state index is 0.0677. The lowest BCUT2D eigenvalue weighted by molar-refractivity contribution is 0.102. The predicted molar refractivity (Wildman–Crippen MR) is 157 cm³/mol. The van der Waals surface area contributed by atoms with Crippen LogP contribution in [0.1, 0.15) is 29.4 Å². The maximum absolute atomic E-state index is 11.8. The minimum atomic E-state index is 0.0677. The molecule has 0 bridgehead atoms. The Balaban J connectivity index is 1.20. The Bertz CT molecular complexity index is 1850. The number of nitrogens with zero attached hydrogens (tertiary/aromatic N) is 5. The molecule has 0 spiro atoms. The number of ketones is 1. The number of carbonyl (C=O) groups excluding carboxylic acids is 1. The Kier molecular flexibility index (Phi) is 6.33. The van der Waals surface area contributed by atoms with Crippen LogP contribution in [0.25, 0.3) is 55.0 Å². The lowest BCUT2D eigenvalue weighted by Crippen LogP contribution is -2.25. The first-order valence-electron chi connectivity index (χ1n) is 13.4. The number of aromatic nitrogens is 6. The Morgan fingerprint density at radius 2 is 1.95 bits per heavy atom. The molecule has 6 aromatic rings. The number of thiophene rings is 1. The molecule has 0 aromatic carbocycles. The fraction of sp³-hybridized carbons (Fsp3) is 0.233. The third-order valence-corrected chi connectivity index (χ3v) is 8.56. The summed E-state index contributed by atoms with van der Waals surface area (Å²) in [7, 11) is 0. The van der Waals surface area contributed by atoms with Gasteiger partial charge in [0.15, 0.2) is 5.78 Å². The van der Waals surface area contributed by atoms with E-state index in [1.54, 1.807) is 31.7 Å². The Labute approximate surface area is 234 Å². The highest BCUT2D eigenvalue weighted by atomic mass is 32.1. The maximum atomic E-state index is 11.8. The molecule has 10 heteroatoms. The van der Waals surface area contributed by atoms with Crippen LogP contribution in [-0.2, 0) is 0 Å². The summed E-state index contributed by atoms with van der Waals surface area (Å²) in [6.07, 6.45) is 9.67. The van der Waals surface area contributed by atoms with Gasteiger partial charge in [0.1, 0.15) is 23.7 Å². The second kappa shape index (κ2) is 10.3. The third-order valence-electron chi connectivity index (χ3n) is 7.34. The molecule has 1 fully saturated rings. The lowest BCUT2D eigenvalue weighted by atomic mass is 10.1. The highest BCUT2D eigenvalue weighted by Crippen LogP contribution is 2.36. The fourth-order valence-corrected chi connectivity index (χ4v) is 6.20. The Morgan fingerprint density at radius 1 is 1.05 bits per heavy atom. The molecular formula is C30H27N7O2S. The van der Waals surface area contributed by atoms with E-state index in [0.29, 0.717) is 6.61 Å². The number of hydrogen-bond acceptors (Lipinski definition) is 8. The van der Waals surface area contributed by atoms with Crippen LogP contribution in [0.4, 0.5) is 0 Å². The van der Waals surface area contributed by atoms with Gasteiger partial charge in [-0.2, -0.15) is 5.10 Å². The number of pyridine rings is 3. The van der Waals surface area contributed by atoms with E-state index >= 15 is 0 Å². The van der Waals surface area contributed by atoms with Gasteiger partial charge < -0.3 is 9.72 Å². The number of fused-ring (bicyclic) bond motifs is 2. The topological polar surface area (TPSA) is 113 Å². The molecule has 1 saturated heterocycles. The molecule has 7 heterocycles. The van der Waals surface area contributed by atoms with Crippen molar-refractivity contribution in [3.05, 3.63) is 66.1 Å². The van der Waals surface area contributed by atoms with Crippen molar-refractivity contribution in [2.75, 3.05) is 26.2 Å². The second-order valence-corrected chi connectivity index (χ2v) is 11.1. The zero-order chi connectivity index (χ0) is 27.1. The van der Waals surface area contributed by atoms with Gasteiger partial charge in [-0.05, 0) is 69.3 Å². The van der Waals surface area contributed by atoms with Crippen LogP contribution in [0.2, 0.25) is 0 Å². The second-order valence-electron chi connectivity index (χ2n) is 10.0. The fourth-order valence-electron chi connectivity index (χ4n) is 5.26. The summed E-state index contributed by atoms with van der Waals surface area (Å²) in [6.45, 7) is 5.47. The summed E-state index contributed by atoms with van der Waals surface area (Å²) in [6, 6.07) is 11.9. The van der Waals surface area contributed by atoms with E-state index in [1.165, 1.54) is 24.2 Å². The molecule has 40 heavy (non-hydrogen) atoms. The number of hydrogen-bond donors (Lipinski definition) is 2. The first-order chi connectivity index (χ1) is 19.6. The molecule has 2 N–H and O–H groups in total. The number of ether oxygens (including phenoxy) is 1. The summed E-state index contributed by atoms with van der Waals surface area (Å²) in [5, 5.41) is 9.63. The van der Waals surface area contributed by atoms with Gasteiger partial charge in [0, 0.05) is 45.7 Å². The number of rotatable bonds is 8. The standard InChI is InChI=1S/C30H27N7O2S/c1-18(38)27-4-5-28(40-27)21-6-7-32-30-22(21)13-25(34-30)29-23-14-24(33-17-26(23)35-36-29)19-12-20(16-31-15-19)39-11-10-37-8-2-3-9-37/h4-7,12-17H,2-3,8-11H2,1H3,(H,32,34)(H,35,36). The summed E-state index contributed by atoms with van der Waals surface area (Å²) in [5.41, 5.74) is 5.92. The van der Waals surface area contributed by atoms with Gasteiger partial charge in [-0.3, -0.25) is 24.8 Å². The van der Waals surface area contributed by atoms with Crippen molar-refractivity contribution in [2.45, 2.75) is 19.8 Å². The predicted octanol–water partition coefficient (Wildman–Crippen LogP) is 5.97. The summed E-state index contributed by atoms with van der Waals surface area (Å²) < 4.78 is 6.01. The van der Waals surface area contributed by atoms with Gasteiger partial charge >= 0.3 is 0 Å². The van der Waals surface area contributed by atoms with Gasteiger partial charge in [0.05, 0.1) is 34.2 Å². The van der Waals surface area contributed by atoms with Gasteiger partial charge in [0.25, 0.3) is 0 Å². The van der Waals surface area contributed by atoms with Gasteiger partial charge in [-0.15, -0.1) is 11.3 Å². The van der Waals surface area contributed by atoms with Crippen LogP contribution in [0.15, 0.2) is 61.2 Å². The number of carbonyl (C=O) groups is 1. The number of H-pyrrole nitrogens is 2. The highest BCUT2D eigenvalue weighted by Gasteiger charge is 2.17. The van der Waals surface area contributed by atoms with Gasteiger partial charge in [-0.25, -0.2) is 4.98 Å². The van der Waals surface area contributed by atoms with E-state index in [1.807, 2.05) is 30.3 Å². The molecule has 0 amide bonds. The molecule has 1 aliphatic heterocycles. The van der Waals surface area contributed by atoms with Crippen molar-refractivity contribution in [1.82, 2.24) is 35.0 Å². The molecule has 0 atom stereocenters. The van der Waals surface area contributed by atoms with Crippen molar-refractivity contribution in [2.24, 2.45) is 0 Å². The van der Waals surface area contributed by atoms with Crippen molar-refractivity contribution < 1.29 is 9.53 Å². The van der Waals surface area contributed by atoms with E-state index in [-0.39, 0.29) is 5.78 Å². The summed E-state index contributed by atoms with van der Waals surface area (Å²) >= 11 is 1.49. The molecule has 1 aliphatic rings. The molecule has 200 valence electrons. The first-order valence-corrected chi connectivity index (χ1v) is 14.2. The number of nitrogens with one attached hydrogen (secondary N) is 2. The average molecular weight is 550 g/mol. The van der Waals surface area contributed by atoms with E-state index < -0.39 is 0 Å². The first kappa shape index (κ1) is 24.6. The Morgan fingerprint density at radius 3 is 2.80 bits per heavy atom. The maximum Gasteiger partial charge on any atom is 0.169 e. The molecule has 0 aliphatic carbocycles. The number of Topliss-reactive ketones (excluding diaryl/α,β-unsaturated/α-hetero) is 1. The van der Waals surface area contributed by atoms with Gasteiger partial charge in [0.2, 0.25) is 0 Å². The smallest absolute Gasteiger partial charge is 0.169 e. The quantitative estimate of drug-likeness (QED) is 0.225. The number of likely N-dealkylation sites (tertiary alicyclic amines) is 1. The zero-order valence-electron chi connectivity index (χ0n) is 22.0. The summed E-state index contributed by atoms with van der Waals surface area (Å²) in [4.78, 5) is 33.1. The molecule has 0 saturated carbocycles. The average Bonchev–Trinajstić information content (AvgIpc) is 3.78. The van der Waals surface area contributed by atoms with Crippen molar-refractivity contribution >= 4 is 39.1 Å². The molecule has 0 radical (unpaired) electrons. The van der Waals surface area contributed by atoms with Crippen LogP contribution >= 0.6 is 11.3 Å². The van der Waals surface area contributed by atoms with Crippen molar-refractivity contribution in [3.8, 4) is 38.8 Å². The third kappa shape index (κ3) is 4.65. The lowest BCUT2D eigenvalue weighted by Gasteiger charge is -2.15. The van der Waals surface area contributed by atoms with E-state index in [0.717, 1.165) is 85.3 Å². The van der Waals surface area contributed by atoms with Crippen molar-refractivity contribution in [3.63, 3.8) is 0 Å². The van der Waals surface area contributed by atoms with Crippen LogP contribution in [0, 0.1) is 0 Å².